The average molecular weight is 251 g/mol. The zero-order valence-corrected chi connectivity index (χ0v) is 9.25. The Bertz CT molecular complexity index is 390. The molecule has 0 aliphatic carbocycles. The van der Waals surface area contributed by atoms with E-state index < -0.39 is 5.91 Å². The summed E-state index contributed by atoms with van der Waals surface area (Å²) in [6, 6.07) is 4.72. The monoisotopic (exact) mass is 249 g/mol. The number of anilines is 1. The molecule has 0 atom stereocenters. The highest BCUT2D eigenvalue weighted by atomic mass is 35.5. The SMILES string of the molecule is C=C(Cl)C(=O)Nc1ccc(Cl)cc1Cl. The van der Waals surface area contributed by atoms with Crippen LogP contribution in [0.5, 0.6) is 0 Å². The Morgan fingerprint density at radius 3 is 2.50 bits per heavy atom. The van der Waals surface area contributed by atoms with Gasteiger partial charge in [0, 0.05) is 5.02 Å². The first-order valence-corrected chi connectivity index (χ1v) is 4.75. The molecule has 0 radical (unpaired) electrons. The Morgan fingerprint density at radius 2 is 2.00 bits per heavy atom. The molecule has 0 heterocycles. The lowest BCUT2D eigenvalue weighted by Gasteiger charge is -2.05. The van der Waals surface area contributed by atoms with Gasteiger partial charge in [0.25, 0.3) is 5.91 Å². The van der Waals surface area contributed by atoms with E-state index in [9.17, 15) is 4.79 Å². The van der Waals surface area contributed by atoms with E-state index in [1.165, 1.54) is 6.07 Å². The molecule has 0 aromatic heterocycles. The van der Waals surface area contributed by atoms with E-state index in [2.05, 4.69) is 11.9 Å². The van der Waals surface area contributed by atoms with Crippen LogP contribution in [-0.2, 0) is 4.79 Å². The summed E-state index contributed by atoms with van der Waals surface area (Å²) in [7, 11) is 0. The van der Waals surface area contributed by atoms with Crippen molar-refractivity contribution in [3.05, 3.63) is 39.9 Å². The van der Waals surface area contributed by atoms with Crippen LogP contribution in [0, 0.1) is 0 Å². The second-order valence-electron chi connectivity index (χ2n) is 2.48. The fourth-order valence-electron chi connectivity index (χ4n) is 0.781. The van der Waals surface area contributed by atoms with E-state index in [-0.39, 0.29) is 5.03 Å². The van der Waals surface area contributed by atoms with Gasteiger partial charge in [-0.25, -0.2) is 0 Å². The van der Waals surface area contributed by atoms with Crippen LogP contribution < -0.4 is 5.32 Å². The fourth-order valence-corrected chi connectivity index (χ4v) is 1.28. The van der Waals surface area contributed by atoms with Crippen molar-refractivity contribution in [2.24, 2.45) is 0 Å². The van der Waals surface area contributed by atoms with E-state index in [4.69, 9.17) is 34.8 Å². The Labute approximate surface area is 96.5 Å². The van der Waals surface area contributed by atoms with Gasteiger partial charge < -0.3 is 5.32 Å². The van der Waals surface area contributed by atoms with Crippen molar-refractivity contribution in [1.82, 2.24) is 0 Å². The van der Waals surface area contributed by atoms with E-state index >= 15 is 0 Å². The topological polar surface area (TPSA) is 29.1 Å². The smallest absolute Gasteiger partial charge is 0.266 e. The lowest BCUT2D eigenvalue weighted by atomic mass is 10.3. The van der Waals surface area contributed by atoms with Gasteiger partial charge in [0.2, 0.25) is 0 Å². The Kier molecular flexibility index (Phi) is 3.81. The number of halogens is 3. The first kappa shape index (κ1) is 11.4. The second kappa shape index (κ2) is 4.69. The molecule has 5 heteroatoms. The predicted octanol–water partition coefficient (Wildman–Crippen LogP) is 3.68. The first-order valence-electron chi connectivity index (χ1n) is 3.61. The number of rotatable bonds is 2. The standard InChI is InChI=1S/C9H6Cl3NO/c1-5(10)9(14)13-8-3-2-6(11)4-7(8)12/h2-4H,1H2,(H,13,14). The number of hydrogen-bond donors (Lipinski definition) is 1. The summed E-state index contributed by atoms with van der Waals surface area (Å²) >= 11 is 16.9. The third-order valence-electron chi connectivity index (χ3n) is 1.43. The molecule has 74 valence electrons. The fraction of sp³-hybridized carbons (Fsp3) is 0. The minimum absolute atomic E-state index is 0.101. The Morgan fingerprint density at radius 1 is 1.36 bits per heavy atom. The van der Waals surface area contributed by atoms with Crippen molar-refractivity contribution >= 4 is 46.4 Å². The molecule has 0 fully saturated rings. The average Bonchev–Trinajstić information content (AvgIpc) is 2.09. The molecule has 0 aliphatic heterocycles. The van der Waals surface area contributed by atoms with Crippen LogP contribution in [0.4, 0.5) is 5.69 Å². The van der Waals surface area contributed by atoms with Crippen LogP contribution in [0.3, 0.4) is 0 Å². The summed E-state index contributed by atoms with van der Waals surface area (Å²) in [5.41, 5.74) is 0.447. The molecular weight excluding hydrogens is 244 g/mol. The first-order chi connectivity index (χ1) is 6.50. The van der Waals surface area contributed by atoms with E-state index in [0.717, 1.165) is 0 Å². The van der Waals surface area contributed by atoms with Gasteiger partial charge in [-0.05, 0) is 18.2 Å². The number of nitrogens with one attached hydrogen (secondary N) is 1. The van der Waals surface area contributed by atoms with Crippen LogP contribution in [0.25, 0.3) is 0 Å². The van der Waals surface area contributed by atoms with Crippen LogP contribution in [-0.4, -0.2) is 5.91 Å². The maximum Gasteiger partial charge on any atom is 0.266 e. The van der Waals surface area contributed by atoms with Crippen molar-refractivity contribution in [2.75, 3.05) is 5.32 Å². The van der Waals surface area contributed by atoms with Crippen molar-refractivity contribution in [3.63, 3.8) is 0 Å². The zero-order chi connectivity index (χ0) is 10.7. The number of benzene rings is 1. The predicted molar refractivity (Wildman–Crippen MR) is 60.1 cm³/mol. The second-order valence-corrected chi connectivity index (χ2v) is 3.78. The van der Waals surface area contributed by atoms with Gasteiger partial charge in [-0.1, -0.05) is 41.4 Å². The third-order valence-corrected chi connectivity index (χ3v) is 2.15. The molecule has 1 N–H and O–H groups in total. The highest BCUT2D eigenvalue weighted by molar-refractivity contribution is 6.44. The molecule has 1 amide bonds. The van der Waals surface area contributed by atoms with Gasteiger partial charge >= 0.3 is 0 Å². The highest BCUT2D eigenvalue weighted by Crippen LogP contribution is 2.25. The van der Waals surface area contributed by atoms with E-state index in [1.54, 1.807) is 12.1 Å². The molecule has 0 aliphatic rings. The summed E-state index contributed by atoms with van der Waals surface area (Å²) in [6.07, 6.45) is 0. The number of amides is 1. The largest absolute Gasteiger partial charge is 0.320 e. The van der Waals surface area contributed by atoms with Gasteiger partial charge in [0.15, 0.2) is 0 Å². The third kappa shape index (κ3) is 2.91. The van der Waals surface area contributed by atoms with Crippen molar-refractivity contribution in [2.45, 2.75) is 0 Å². The molecule has 0 bridgehead atoms. The maximum atomic E-state index is 11.1. The van der Waals surface area contributed by atoms with E-state index in [0.29, 0.717) is 15.7 Å². The minimum atomic E-state index is -0.490. The van der Waals surface area contributed by atoms with Crippen LogP contribution >= 0.6 is 34.8 Å². The van der Waals surface area contributed by atoms with Crippen LogP contribution in [0.1, 0.15) is 0 Å². The molecule has 1 aromatic carbocycles. The summed E-state index contributed by atoms with van der Waals surface area (Å²) in [4.78, 5) is 11.1. The highest BCUT2D eigenvalue weighted by Gasteiger charge is 2.07. The quantitative estimate of drug-likeness (QED) is 0.797. The summed E-state index contributed by atoms with van der Waals surface area (Å²) < 4.78 is 0. The number of hydrogen-bond acceptors (Lipinski definition) is 1. The van der Waals surface area contributed by atoms with Gasteiger partial charge in [0.05, 0.1) is 15.7 Å². The lowest BCUT2D eigenvalue weighted by Crippen LogP contribution is -2.10. The van der Waals surface area contributed by atoms with Gasteiger partial charge in [-0.15, -0.1) is 0 Å². The number of carbonyl (C=O) groups is 1. The normalized spacial score (nSPS) is 9.64. The van der Waals surface area contributed by atoms with Crippen molar-refractivity contribution < 1.29 is 4.79 Å². The van der Waals surface area contributed by atoms with E-state index in [1.807, 2.05) is 0 Å². The van der Waals surface area contributed by atoms with Crippen molar-refractivity contribution in [1.29, 1.82) is 0 Å². The minimum Gasteiger partial charge on any atom is -0.320 e. The lowest BCUT2D eigenvalue weighted by molar-refractivity contribution is -0.112. The summed E-state index contributed by atoms with van der Waals surface area (Å²) in [6.45, 7) is 3.28. The summed E-state index contributed by atoms with van der Waals surface area (Å²) in [5.74, 6) is -0.490. The molecule has 0 unspecified atom stereocenters. The zero-order valence-electron chi connectivity index (χ0n) is 6.98. The Balaban J connectivity index is 2.87. The maximum absolute atomic E-state index is 11.1. The molecule has 1 rings (SSSR count). The molecule has 0 saturated heterocycles. The van der Waals surface area contributed by atoms with Gasteiger partial charge in [-0.2, -0.15) is 0 Å². The Hall–Kier alpha value is -0.700. The molecular formula is C9H6Cl3NO. The molecule has 14 heavy (non-hydrogen) atoms. The molecule has 0 spiro atoms. The van der Waals surface area contributed by atoms with Gasteiger partial charge in [0.1, 0.15) is 0 Å². The number of carbonyl (C=O) groups excluding carboxylic acids is 1. The van der Waals surface area contributed by atoms with Crippen molar-refractivity contribution in [3.8, 4) is 0 Å². The summed E-state index contributed by atoms with van der Waals surface area (Å²) in [5, 5.41) is 3.22. The molecule has 2 nitrogen and oxygen atoms in total. The van der Waals surface area contributed by atoms with Crippen LogP contribution in [0.2, 0.25) is 10.0 Å². The molecule has 1 aromatic rings. The van der Waals surface area contributed by atoms with Crippen LogP contribution in [0.15, 0.2) is 29.8 Å². The van der Waals surface area contributed by atoms with Gasteiger partial charge in [-0.3, -0.25) is 4.79 Å². The molecule has 0 saturated carbocycles.